The third-order valence-corrected chi connectivity index (χ3v) is 2.48. The van der Waals surface area contributed by atoms with E-state index < -0.39 is 0 Å². The van der Waals surface area contributed by atoms with Gasteiger partial charge >= 0.3 is 0 Å². The molecule has 0 amide bonds. The zero-order valence-corrected chi connectivity index (χ0v) is 11.1. The van der Waals surface area contributed by atoms with Crippen LogP contribution in [0, 0.1) is 11.3 Å². The van der Waals surface area contributed by atoms with E-state index in [4.69, 9.17) is 14.7 Å². The van der Waals surface area contributed by atoms with Gasteiger partial charge in [-0.25, -0.2) is 0 Å². The highest BCUT2D eigenvalue weighted by Crippen LogP contribution is 2.26. The normalized spacial score (nSPS) is 10.1. The number of ether oxygens (including phenoxy) is 2. The Morgan fingerprint density at radius 1 is 1.17 bits per heavy atom. The molecule has 0 aliphatic carbocycles. The van der Waals surface area contributed by atoms with Gasteiger partial charge in [0.2, 0.25) is 0 Å². The van der Waals surface area contributed by atoms with E-state index in [2.05, 4.69) is 11.0 Å². The van der Waals surface area contributed by atoms with Gasteiger partial charge in [-0.3, -0.25) is 0 Å². The quantitative estimate of drug-likeness (QED) is 0.708. The van der Waals surface area contributed by atoms with Crippen molar-refractivity contribution in [2.75, 3.05) is 33.4 Å². The summed E-state index contributed by atoms with van der Waals surface area (Å²) in [6, 6.07) is 9.79. The van der Waals surface area contributed by atoms with Crippen LogP contribution in [-0.2, 0) is 0 Å². The van der Waals surface area contributed by atoms with Crippen LogP contribution in [0.25, 0.3) is 0 Å². The molecule has 0 radical (unpaired) electrons. The summed E-state index contributed by atoms with van der Waals surface area (Å²) >= 11 is 0. The monoisotopic (exact) mass is 248 g/mol. The highest BCUT2D eigenvalue weighted by molar-refractivity contribution is 5.39. The number of para-hydroxylation sites is 2. The maximum atomic E-state index is 8.49. The molecule has 0 aromatic heterocycles. The molecule has 0 spiro atoms. The maximum absolute atomic E-state index is 8.49. The Bertz CT molecular complexity index is 388. The van der Waals surface area contributed by atoms with Crippen LogP contribution in [0.15, 0.2) is 24.3 Å². The number of rotatable bonds is 8. The Kier molecular flexibility index (Phi) is 6.67. The second-order valence-electron chi connectivity index (χ2n) is 3.94. The van der Waals surface area contributed by atoms with Crippen molar-refractivity contribution in [3.05, 3.63) is 24.3 Å². The van der Waals surface area contributed by atoms with Crippen molar-refractivity contribution in [2.45, 2.75) is 13.3 Å². The summed E-state index contributed by atoms with van der Waals surface area (Å²) in [5.41, 5.74) is 0. The highest BCUT2D eigenvalue weighted by atomic mass is 16.5. The van der Waals surface area contributed by atoms with Crippen LogP contribution >= 0.6 is 0 Å². The minimum absolute atomic E-state index is 0.548. The van der Waals surface area contributed by atoms with Gasteiger partial charge in [0.1, 0.15) is 6.61 Å². The van der Waals surface area contributed by atoms with Gasteiger partial charge in [0.25, 0.3) is 0 Å². The van der Waals surface area contributed by atoms with Crippen LogP contribution in [0.1, 0.15) is 13.3 Å². The fraction of sp³-hybridized carbons (Fsp3) is 0.500. The van der Waals surface area contributed by atoms with E-state index in [9.17, 15) is 0 Å². The number of benzene rings is 1. The van der Waals surface area contributed by atoms with Crippen molar-refractivity contribution >= 4 is 0 Å². The topological polar surface area (TPSA) is 45.5 Å². The molecule has 1 aromatic rings. The second kappa shape index (κ2) is 8.37. The summed E-state index contributed by atoms with van der Waals surface area (Å²) in [4.78, 5) is 2.08. The summed E-state index contributed by atoms with van der Waals surface area (Å²) in [5, 5.41) is 8.49. The van der Waals surface area contributed by atoms with Crippen LogP contribution in [0.4, 0.5) is 0 Å². The molecule has 4 heteroatoms. The zero-order valence-electron chi connectivity index (χ0n) is 11.1. The standard InChI is InChI=1S/C14H20N2O2/c1-3-17-13-7-4-5-8-14(13)18-12-11-16(2)10-6-9-15/h4-5,7-8H,3,6,10-12H2,1-2H3. The predicted octanol–water partition coefficient (Wildman–Crippen LogP) is 2.31. The summed E-state index contributed by atoms with van der Waals surface area (Å²) in [6.07, 6.45) is 0.548. The largest absolute Gasteiger partial charge is 0.490 e. The molecule has 0 aliphatic heterocycles. The summed E-state index contributed by atoms with van der Waals surface area (Å²) < 4.78 is 11.2. The Balaban J connectivity index is 2.37. The lowest BCUT2D eigenvalue weighted by Crippen LogP contribution is -2.25. The second-order valence-corrected chi connectivity index (χ2v) is 3.94. The lowest BCUT2D eigenvalue weighted by atomic mass is 10.3. The average molecular weight is 248 g/mol. The molecule has 0 fully saturated rings. The zero-order chi connectivity index (χ0) is 13.2. The van der Waals surface area contributed by atoms with Crippen molar-refractivity contribution < 1.29 is 9.47 Å². The highest BCUT2D eigenvalue weighted by Gasteiger charge is 2.04. The smallest absolute Gasteiger partial charge is 0.161 e. The molecule has 0 atom stereocenters. The van der Waals surface area contributed by atoms with Crippen LogP contribution in [0.2, 0.25) is 0 Å². The number of hydrogen-bond acceptors (Lipinski definition) is 4. The molecule has 18 heavy (non-hydrogen) atoms. The third kappa shape index (κ3) is 5.07. The van der Waals surface area contributed by atoms with E-state index >= 15 is 0 Å². The molecule has 0 aliphatic rings. The molecule has 1 rings (SSSR count). The number of nitrogens with zero attached hydrogens (tertiary/aromatic N) is 2. The minimum Gasteiger partial charge on any atom is -0.490 e. The summed E-state index contributed by atoms with van der Waals surface area (Å²) in [5.74, 6) is 1.55. The van der Waals surface area contributed by atoms with E-state index in [1.54, 1.807) is 0 Å². The molecular formula is C14H20N2O2. The van der Waals surface area contributed by atoms with Gasteiger partial charge in [-0.1, -0.05) is 12.1 Å². The van der Waals surface area contributed by atoms with E-state index in [-0.39, 0.29) is 0 Å². The first-order chi connectivity index (χ1) is 8.77. The first-order valence-corrected chi connectivity index (χ1v) is 6.18. The third-order valence-electron chi connectivity index (χ3n) is 2.48. The van der Waals surface area contributed by atoms with E-state index in [1.165, 1.54) is 0 Å². The first kappa shape index (κ1) is 14.3. The van der Waals surface area contributed by atoms with Crippen molar-refractivity contribution in [1.82, 2.24) is 4.90 Å². The fourth-order valence-electron chi connectivity index (χ4n) is 1.51. The van der Waals surface area contributed by atoms with Crippen molar-refractivity contribution in [1.29, 1.82) is 5.26 Å². The Morgan fingerprint density at radius 2 is 1.83 bits per heavy atom. The van der Waals surface area contributed by atoms with Gasteiger partial charge < -0.3 is 14.4 Å². The summed E-state index contributed by atoms with van der Waals surface area (Å²) in [7, 11) is 1.98. The Morgan fingerprint density at radius 3 is 2.44 bits per heavy atom. The average Bonchev–Trinajstić information content (AvgIpc) is 2.38. The minimum atomic E-state index is 0.548. The van der Waals surface area contributed by atoms with Crippen LogP contribution in [0.5, 0.6) is 11.5 Å². The lowest BCUT2D eigenvalue weighted by Gasteiger charge is -2.16. The van der Waals surface area contributed by atoms with Gasteiger partial charge in [0.15, 0.2) is 11.5 Å². The Labute approximate surface area is 109 Å². The molecule has 4 nitrogen and oxygen atoms in total. The van der Waals surface area contributed by atoms with E-state index in [0.29, 0.717) is 19.6 Å². The SMILES string of the molecule is CCOc1ccccc1OCCN(C)CCC#N. The molecule has 0 bridgehead atoms. The van der Waals surface area contributed by atoms with Gasteiger partial charge in [-0.05, 0) is 26.1 Å². The van der Waals surface area contributed by atoms with Crippen molar-refractivity contribution in [3.63, 3.8) is 0 Å². The molecule has 0 saturated heterocycles. The number of nitriles is 1. The molecule has 0 heterocycles. The number of hydrogen-bond donors (Lipinski definition) is 0. The van der Waals surface area contributed by atoms with E-state index in [0.717, 1.165) is 24.6 Å². The molecule has 0 unspecified atom stereocenters. The van der Waals surface area contributed by atoms with Gasteiger partial charge in [0.05, 0.1) is 12.7 Å². The molecule has 1 aromatic carbocycles. The van der Waals surface area contributed by atoms with Crippen LogP contribution < -0.4 is 9.47 Å². The predicted molar refractivity (Wildman–Crippen MR) is 70.8 cm³/mol. The van der Waals surface area contributed by atoms with E-state index in [1.807, 2.05) is 38.2 Å². The number of likely N-dealkylation sites (N-methyl/N-ethyl adjacent to an activating group) is 1. The van der Waals surface area contributed by atoms with Crippen molar-refractivity contribution in [3.8, 4) is 17.6 Å². The van der Waals surface area contributed by atoms with Crippen LogP contribution in [0.3, 0.4) is 0 Å². The van der Waals surface area contributed by atoms with Crippen LogP contribution in [-0.4, -0.2) is 38.3 Å². The first-order valence-electron chi connectivity index (χ1n) is 6.18. The molecule has 0 N–H and O–H groups in total. The molecular weight excluding hydrogens is 228 g/mol. The molecule has 0 saturated carbocycles. The Hall–Kier alpha value is -1.73. The lowest BCUT2D eigenvalue weighted by molar-refractivity contribution is 0.228. The van der Waals surface area contributed by atoms with Gasteiger partial charge in [-0.2, -0.15) is 5.26 Å². The van der Waals surface area contributed by atoms with Gasteiger partial charge in [0, 0.05) is 19.5 Å². The van der Waals surface area contributed by atoms with Crippen molar-refractivity contribution in [2.24, 2.45) is 0 Å². The fourth-order valence-corrected chi connectivity index (χ4v) is 1.51. The summed E-state index contributed by atoms with van der Waals surface area (Å²) in [6.45, 7) is 4.73. The maximum Gasteiger partial charge on any atom is 0.161 e. The molecule has 98 valence electrons. The van der Waals surface area contributed by atoms with Gasteiger partial charge in [-0.15, -0.1) is 0 Å².